The molecule has 1 aromatic rings. The third-order valence-electron chi connectivity index (χ3n) is 4.48. The van der Waals surface area contributed by atoms with E-state index in [4.69, 9.17) is 20.0 Å². The third kappa shape index (κ3) is 3.46. The maximum absolute atomic E-state index is 12.5. The van der Waals surface area contributed by atoms with E-state index in [-0.39, 0.29) is 17.8 Å². The standard InChI is InChI=1S/C17H23N3O4/c1-22-14-5-3-2-4-13(14)16(18)19-24-15-6-9-20(17(15)21)12-7-10-23-11-8-12/h2-5,12,15H,6-11H2,1H3,(H2,18,19). The minimum atomic E-state index is -0.568. The van der Waals surface area contributed by atoms with Crippen molar-refractivity contribution >= 4 is 11.7 Å². The number of methoxy groups -OCH3 is 1. The predicted octanol–water partition coefficient (Wildman–Crippen LogP) is 1.11. The summed E-state index contributed by atoms with van der Waals surface area (Å²) >= 11 is 0. The third-order valence-corrected chi connectivity index (χ3v) is 4.48. The van der Waals surface area contributed by atoms with Gasteiger partial charge in [0.2, 0.25) is 6.10 Å². The van der Waals surface area contributed by atoms with Gasteiger partial charge in [-0.25, -0.2) is 0 Å². The summed E-state index contributed by atoms with van der Waals surface area (Å²) in [6.45, 7) is 2.11. The van der Waals surface area contributed by atoms with Crippen LogP contribution in [-0.4, -0.2) is 55.7 Å². The number of ether oxygens (including phenoxy) is 2. The lowest BCUT2D eigenvalue weighted by Gasteiger charge is -2.30. The summed E-state index contributed by atoms with van der Waals surface area (Å²) in [5.74, 6) is 0.798. The molecule has 0 bridgehead atoms. The van der Waals surface area contributed by atoms with Gasteiger partial charge in [0.05, 0.1) is 12.7 Å². The van der Waals surface area contributed by atoms with Gasteiger partial charge in [0.15, 0.2) is 5.84 Å². The fourth-order valence-electron chi connectivity index (χ4n) is 3.16. The van der Waals surface area contributed by atoms with Crippen LogP contribution in [0.3, 0.4) is 0 Å². The van der Waals surface area contributed by atoms with E-state index in [1.54, 1.807) is 19.2 Å². The van der Waals surface area contributed by atoms with Crippen LogP contribution < -0.4 is 10.5 Å². The Hall–Kier alpha value is -2.28. The molecule has 2 aliphatic rings. The van der Waals surface area contributed by atoms with Crippen LogP contribution >= 0.6 is 0 Å². The summed E-state index contributed by atoms with van der Waals surface area (Å²) < 4.78 is 10.6. The van der Waals surface area contributed by atoms with E-state index in [1.807, 2.05) is 17.0 Å². The molecule has 0 saturated carbocycles. The summed E-state index contributed by atoms with van der Waals surface area (Å²) in [7, 11) is 1.57. The van der Waals surface area contributed by atoms with Crippen molar-refractivity contribution in [2.45, 2.75) is 31.4 Å². The van der Waals surface area contributed by atoms with Crippen LogP contribution in [0.25, 0.3) is 0 Å². The molecule has 2 saturated heterocycles. The molecule has 2 N–H and O–H groups in total. The zero-order valence-electron chi connectivity index (χ0n) is 13.8. The fourth-order valence-corrected chi connectivity index (χ4v) is 3.16. The highest BCUT2D eigenvalue weighted by Crippen LogP contribution is 2.23. The van der Waals surface area contributed by atoms with Crippen molar-refractivity contribution in [3.63, 3.8) is 0 Å². The topological polar surface area (TPSA) is 86.4 Å². The monoisotopic (exact) mass is 333 g/mol. The normalized spacial score (nSPS) is 22.7. The number of nitrogens with two attached hydrogens (primary N) is 1. The molecule has 2 fully saturated rings. The van der Waals surface area contributed by atoms with Crippen LogP contribution in [0.4, 0.5) is 0 Å². The second-order valence-corrected chi connectivity index (χ2v) is 5.93. The molecular formula is C17H23N3O4. The van der Waals surface area contributed by atoms with E-state index < -0.39 is 6.10 Å². The summed E-state index contributed by atoms with van der Waals surface area (Å²) in [6.07, 6.45) is 1.82. The summed E-state index contributed by atoms with van der Waals surface area (Å²) in [6, 6.07) is 7.53. The van der Waals surface area contributed by atoms with Gasteiger partial charge in [-0.3, -0.25) is 4.79 Å². The van der Waals surface area contributed by atoms with Gasteiger partial charge < -0.3 is 24.9 Å². The number of rotatable bonds is 5. The van der Waals surface area contributed by atoms with Gasteiger partial charge in [-0.15, -0.1) is 0 Å². The molecule has 0 aromatic heterocycles. The SMILES string of the molecule is COc1ccccc1/C(N)=N/OC1CCN(C2CCOCC2)C1=O. The Bertz CT molecular complexity index is 614. The average molecular weight is 333 g/mol. The Morgan fingerprint density at radius 2 is 2.04 bits per heavy atom. The minimum absolute atomic E-state index is 0.0153. The Kier molecular flexibility index (Phi) is 5.20. The molecule has 130 valence electrons. The number of hydrogen-bond donors (Lipinski definition) is 1. The van der Waals surface area contributed by atoms with E-state index in [2.05, 4.69) is 5.16 Å². The molecule has 1 unspecified atom stereocenters. The molecule has 7 nitrogen and oxygen atoms in total. The lowest BCUT2D eigenvalue weighted by Crippen LogP contribution is -2.42. The highest BCUT2D eigenvalue weighted by Gasteiger charge is 2.38. The highest BCUT2D eigenvalue weighted by molar-refractivity contribution is 5.99. The molecule has 24 heavy (non-hydrogen) atoms. The Balaban J connectivity index is 1.63. The zero-order chi connectivity index (χ0) is 16.9. The second kappa shape index (κ2) is 7.53. The Labute approximate surface area is 141 Å². The van der Waals surface area contributed by atoms with Crippen molar-refractivity contribution in [3.8, 4) is 5.75 Å². The molecule has 2 heterocycles. The number of oxime groups is 1. The van der Waals surface area contributed by atoms with Gasteiger partial charge in [-0.1, -0.05) is 17.3 Å². The summed E-state index contributed by atoms with van der Waals surface area (Å²) in [5.41, 5.74) is 6.62. The van der Waals surface area contributed by atoms with Crippen molar-refractivity contribution in [2.75, 3.05) is 26.9 Å². The first-order valence-electron chi connectivity index (χ1n) is 8.21. The van der Waals surface area contributed by atoms with Crippen LogP contribution in [0.1, 0.15) is 24.8 Å². The number of hydrogen-bond acceptors (Lipinski definition) is 5. The predicted molar refractivity (Wildman–Crippen MR) is 88.8 cm³/mol. The van der Waals surface area contributed by atoms with Crippen LogP contribution in [0, 0.1) is 0 Å². The van der Waals surface area contributed by atoms with Gasteiger partial charge in [-0.05, 0) is 25.0 Å². The molecule has 3 rings (SSSR count). The van der Waals surface area contributed by atoms with E-state index in [9.17, 15) is 4.79 Å². The first kappa shape index (κ1) is 16.6. The van der Waals surface area contributed by atoms with Gasteiger partial charge in [0, 0.05) is 32.2 Å². The minimum Gasteiger partial charge on any atom is -0.496 e. The number of benzene rings is 1. The molecular weight excluding hydrogens is 310 g/mol. The summed E-state index contributed by atoms with van der Waals surface area (Å²) in [5, 5.41) is 3.96. The number of amides is 1. The van der Waals surface area contributed by atoms with Crippen LogP contribution in [-0.2, 0) is 14.4 Å². The van der Waals surface area contributed by atoms with Crippen LogP contribution in [0.2, 0.25) is 0 Å². The summed E-state index contributed by atoms with van der Waals surface area (Å²) in [4.78, 5) is 19.8. The van der Waals surface area contributed by atoms with Gasteiger partial charge >= 0.3 is 0 Å². The molecule has 0 radical (unpaired) electrons. The first-order valence-corrected chi connectivity index (χ1v) is 8.21. The first-order chi connectivity index (χ1) is 11.7. The van der Waals surface area contributed by atoms with Crippen LogP contribution in [0.5, 0.6) is 5.75 Å². The molecule has 1 atom stereocenters. The van der Waals surface area contributed by atoms with Gasteiger partial charge in [0.1, 0.15) is 5.75 Å². The van der Waals surface area contributed by atoms with Crippen LogP contribution in [0.15, 0.2) is 29.4 Å². The number of amidine groups is 1. The highest BCUT2D eigenvalue weighted by atomic mass is 16.6. The maximum Gasteiger partial charge on any atom is 0.266 e. The smallest absolute Gasteiger partial charge is 0.266 e. The number of para-hydroxylation sites is 1. The molecule has 0 aliphatic carbocycles. The lowest BCUT2D eigenvalue weighted by molar-refractivity contribution is -0.140. The average Bonchev–Trinajstić information content (AvgIpc) is 3.01. The second-order valence-electron chi connectivity index (χ2n) is 5.93. The van der Waals surface area contributed by atoms with E-state index in [1.165, 1.54) is 0 Å². The maximum atomic E-state index is 12.5. The molecule has 7 heteroatoms. The van der Waals surface area contributed by atoms with Crippen molar-refractivity contribution in [3.05, 3.63) is 29.8 Å². The Morgan fingerprint density at radius 1 is 1.29 bits per heavy atom. The van der Waals surface area contributed by atoms with Crippen molar-refractivity contribution in [2.24, 2.45) is 10.9 Å². The quantitative estimate of drug-likeness (QED) is 0.496. The molecule has 1 aromatic carbocycles. The van der Waals surface area contributed by atoms with E-state index in [0.717, 1.165) is 12.8 Å². The molecule has 0 spiro atoms. The molecule has 1 amide bonds. The largest absolute Gasteiger partial charge is 0.496 e. The van der Waals surface area contributed by atoms with Crippen molar-refractivity contribution < 1.29 is 19.1 Å². The molecule has 2 aliphatic heterocycles. The number of carbonyl (C=O) groups excluding carboxylic acids is 1. The van der Waals surface area contributed by atoms with Gasteiger partial charge in [-0.2, -0.15) is 0 Å². The number of carbonyl (C=O) groups is 1. The number of likely N-dealkylation sites (tertiary alicyclic amines) is 1. The fraction of sp³-hybridized carbons (Fsp3) is 0.529. The Morgan fingerprint density at radius 3 is 2.79 bits per heavy atom. The lowest BCUT2D eigenvalue weighted by atomic mass is 10.1. The van der Waals surface area contributed by atoms with Crippen molar-refractivity contribution in [1.82, 2.24) is 4.90 Å². The van der Waals surface area contributed by atoms with Gasteiger partial charge in [0.25, 0.3) is 5.91 Å². The van der Waals surface area contributed by atoms with E-state index in [0.29, 0.717) is 37.5 Å². The number of nitrogens with zero attached hydrogens (tertiary/aromatic N) is 2. The van der Waals surface area contributed by atoms with E-state index >= 15 is 0 Å². The zero-order valence-corrected chi connectivity index (χ0v) is 13.8. The van der Waals surface area contributed by atoms with Crippen molar-refractivity contribution in [1.29, 1.82) is 0 Å².